The van der Waals surface area contributed by atoms with Crippen molar-refractivity contribution in [1.82, 2.24) is 0 Å². The van der Waals surface area contributed by atoms with Crippen molar-refractivity contribution < 1.29 is 9.53 Å². The van der Waals surface area contributed by atoms with Crippen LogP contribution >= 0.6 is 0 Å². The van der Waals surface area contributed by atoms with Crippen LogP contribution in [0.2, 0.25) is 0 Å². The third-order valence-corrected chi connectivity index (χ3v) is 2.96. The monoisotopic (exact) mass is 210 g/mol. The zero-order valence-electron chi connectivity index (χ0n) is 10.1. The number of ketones is 1. The lowest BCUT2D eigenvalue weighted by Crippen LogP contribution is -2.24. The quantitative estimate of drug-likeness (QED) is 0.649. The molecular formula is C13H22O2. The molecule has 0 unspecified atom stereocenters. The van der Waals surface area contributed by atoms with Gasteiger partial charge < -0.3 is 4.74 Å². The first kappa shape index (κ1) is 12.3. The maximum atomic E-state index is 11.3. The summed E-state index contributed by atoms with van der Waals surface area (Å²) in [6, 6.07) is 0. The van der Waals surface area contributed by atoms with E-state index in [4.69, 9.17) is 4.74 Å². The van der Waals surface area contributed by atoms with Crippen LogP contribution in [-0.2, 0) is 9.53 Å². The first-order chi connectivity index (χ1) is 7.06. The Balaban J connectivity index is 2.46. The summed E-state index contributed by atoms with van der Waals surface area (Å²) in [6.45, 7) is 7.21. The molecule has 0 N–H and O–H groups in total. The summed E-state index contributed by atoms with van der Waals surface area (Å²) in [7, 11) is 0. The Morgan fingerprint density at radius 1 is 1.40 bits per heavy atom. The summed E-state index contributed by atoms with van der Waals surface area (Å²) >= 11 is 0. The topological polar surface area (TPSA) is 26.3 Å². The Morgan fingerprint density at radius 3 is 2.80 bits per heavy atom. The lowest BCUT2D eigenvalue weighted by atomic mass is 9.80. The van der Waals surface area contributed by atoms with Crippen LogP contribution < -0.4 is 0 Å². The molecule has 1 rings (SSSR count). The van der Waals surface area contributed by atoms with E-state index in [1.165, 1.54) is 12.8 Å². The van der Waals surface area contributed by atoms with Crippen LogP contribution in [0.25, 0.3) is 0 Å². The molecular weight excluding hydrogens is 188 g/mol. The number of unbranched alkanes of at least 4 members (excludes halogenated alkanes) is 2. The third kappa shape index (κ3) is 3.69. The molecule has 0 fully saturated rings. The summed E-state index contributed by atoms with van der Waals surface area (Å²) < 4.78 is 5.71. The van der Waals surface area contributed by atoms with E-state index in [1.807, 2.05) is 0 Å². The molecule has 0 amide bonds. The van der Waals surface area contributed by atoms with Gasteiger partial charge in [0.15, 0.2) is 5.78 Å². The minimum absolute atomic E-state index is 0.0418. The fourth-order valence-corrected chi connectivity index (χ4v) is 1.74. The van der Waals surface area contributed by atoms with Gasteiger partial charge in [0, 0.05) is 17.9 Å². The normalized spacial score (nSPS) is 19.9. The van der Waals surface area contributed by atoms with Crippen molar-refractivity contribution in [3.8, 4) is 0 Å². The first-order valence-electron chi connectivity index (χ1n) is 5.94. The largest absolute Gasteiger partial charge is 0.497 e. The van der Waals surface area contributed by atoms with Crippen LogP contribution in [0.3, 0.4) is 0 Å². The van der Waals surface area contributed by atoms with E-state index in [0.29, 0.717) is 6.42 Å². The highest BCUT2D eigenvalue weighted by molar-refractivity contribution is 5.91. The highest BCUT2D eigenvalue weighted by Gasteiger charge is 2.30. The second kappa shape index (κ2) is 5.34. The van der Waals surface area contributed by atoms with Crippen LogP contribution in [-0.4, -0.2) is 12.4 Å². The molecule has 0 saturated heterocycles. The van der Waals surface area contributed by atoms with E-state index in [0.717, 1.165) is 25.2 Å². The molecule has 0 heterocycles. The van der Waals surface area contributed by atoms with E-state index in [9.17, 15) is 4.79 Å². The molecule has 0 saturated carbocycles. The fourth-order valence-electron chi connectivity index (χ4n) is 1.74. The van der Waals surface area contributed by atoms with Gasteiger partial charge in [0.25, 0.3) is 0 Å². The first-order valence-corrected chi connectivity index (χ1v) is 5.94. The standard InChI is InChI=1S/C13H22O2/c1-4-5-6-9-15-12-10-11(14)7-8-13(12,2)3/h10H,4-9H2,1-3H3. The van der Waals surface area contributed by atoms with E-state index in [1.54, 1.807) is 6.08 Å². The number of rotatable bonds is 5. The highest BCUT2D eigenvalue weighted by Crippen LogP contribution is 2.36. The molecule has 0 atom stereocenters. The smallest absolute Gasteiger partial charge is 0.159 e. The van der Waals surface area contributed by atoms with Crippen LogP contribution in [0.1, 0.15) is 52.9 Å². The average molecular weight is 210 g/mol. The van der Waals surface area contributed by atoms with E-state index < -0.39 is 0 Å². The zero-order valence-corrected chi connectivity index (χ0v) is 10.1. The molecule has 1 aliphatic carbocycles. The predicted molar refractivity (Wildman–Crippen MR) is 61.6 cm³/mol. The van der Waals surface area contributed by atoms with Gasteiger partial charge in [-0.2, -0.15) is 0 Å². The zero-order chi connectivity index (χ0) is 11.3. The van der Waals surface area contributed by atoms with E-state index in [-0.39, 0.29) is 11.2 Å². The van der Waals surface area contributed by atoms with Gasteiger partial charge in [-0.3, -0.25) is 4.79 Å². The van der Waals surface area contributed by atoms with Crippen LogP contribution in [0.5, 0.6) is 0 Å². The van der Waals surface area contributed by atoms with Gasteiger partial charge in [-0.15, -0.1) is 0 Å². The van der Waals surface area contributed by atoms with Crippen molar-refractivity contribution in [2.45, 2.75) is 52.9 Å². The SMILES string of the molecule is CCCCCOC1=CC(=O)CCC1(C)C. The lowest BCUT2D eigenvalue weighted by Gasteiger charge is -2.30. The predicted octanol–water partition coefficient (Wildman–Crippen LogP) is 3.47. The molecule has 0 radical (unpaired) electrons. The molecule has 0 spiro atoms. The number of hydrogen-bond donors (Lipinski definition) is 0. The second-order valence-electron chi connectivity index (χ2n) is 4.91. The number of allylic oxidation sites excluding steroid dienone is 2. The molecule has 15 heavy (non-hydrogen) atoms. The highest BCUT2D eigenvalue weighted by atomic mass is 16.5. The van der Waals surface area contributed by atoms with Crippen LogP contribution in [0, 0.1) is 5.41 Å². The maximum Gasteiger partial charge on any atom is 0.159 e. The molecule has 1 aliphatic rings. The molecule has 0 aromatic carbocycles. The van der Waals surface area contributed by atoms with Crippen molar-refractivity contribution in [2.24, 2.45) is 5.41 Å². The van der Waals surface area contributed by atoms with Gasteiger partial charge in [-0.05, 0) is 12.8 Å². The number of hydrogen-bond acceptors (Lipinski definition) is 2. The van der Waals surface area contributed by atoms with Crippen molar-refractivity contribution in [3.63, 3.8) is 0 Å². The molecule has 0 bridgehead atoms. The number of carbonyl (C=O) groups excluding carboxylic acids is 1. The van der Waals surface area contributed by atoms with Crippen molar-refractivity contribution in [2.75, 3.05) is 6.61 Å². The molecule has 0 aromatic rings. The Bertz CT molecular complexity index is 251. The van der Waals surface area contributed by atoms with Gasteiger partial charge in [-0.1, -0.05) is 33.6 Å². The van der Waals surface area contributed by atoms with E-state index >= 15 is 0 Å². The third-order valence-electron chi connectivity index (χ3n) is 2.96. The molecule has 0 aromatic heterocycles. The Labute approximate surface area is 92.7 Å². The Morgan fingerprint density at radius 2 is 2.13 bits per heavy atom. The van der Waals surface area contributed by atoms with Gasteiger partial charge in [-0.25, -0.2) is 0 Å². The van der Waals surface area contributed by atoms with Gasteiger partial charge in [0.05, 0.1) is 6.61 Å². The molecule has 0 aliphatic heterocycles. The summed E-state index contributed by atoms with van der Waals surface area (Å²) in [6.07, 6.45) is 6.74. The Hall–Kier alpha value is -0.790. The summed E-state index contributed by atoms with van der Waals surface area (Å²) in [4.78, 5) is 11.3. The van der Waals surface area contributed by atoms with Crippen LogP contribution in [0.4, 0.5) is 0 Å². The maximum absolute atomic E-state index is 11.3. The van der Waals surface area contributed by atoms with Crippen LogP contribution in [0.15, 0.2) is 11.8 Å². The fraction of sp³-hybridized carbons (Fsp3) is 0.769. The lowest BCUT2D eigenvalue weighted by molar-refractivity contribution is -0.116. The van der Waals surface area contributed by atoms with Crippen molar-refractivity contribution in [3.05, 3.63) is 11.8 Å². The number of ether oxygens (including phenoxy) is 1. The Kier molecular flexibility index (Phi) is 4.37. The molecule has 2 heteroatoms. The summed E-state index contributed by atoms with van der Waals surface area (Å²) in [5.74, 6) is 1.09. The summed E-state index contributed by atoms with van der Waals surface area (Å²) in [5, 5.41) is 0. The number of carbonyl (C=O) groups is 1. The van der Waals surface area contributed by atoms with Crippen molar-refractivity contribution >= 4 is 5.78 Å². The minimum atomic E-state index is 0.0418. The van der Waals surface area contributed by atoms with Gasteiger partial charge in [0.2, 0.25) is 0 Å². The molecule has 2 nitrogen and oxygen atoms in total. The molecule has 86 valence electrons. The average Bonchev–Trinajstić information content (AvgIpc) is 2.18. The van der Waals surface area contributed by atoms with Gasteiger partial charge >= 0.3 is 0 Å². The van der Waals surface area contributed by atoms with Crippen molar-refractivity contribution in [1.29, 1.82) is 0 Å². The van der Waals surface area contributed by atoms with Gasteiger partial charge in [0.1, 0.15) is 5.76 Å². The minimum Gasteiger partial charge on any atom is -0.497 e. The van der Waals surface area contributed by atoms with E-state index in [2.05, 4.69) is 20.8 Å². The summed E-state index contributed by atoms with van der Waals surface area (Å²) in [5.41, 5.74) is 0.0418. The second-order valence-corrected chi connectivity index (χ2v) is 4.91.